The normalized spacial score (nSPS) is 19.7. The minimum Gasteiger partial charge on any atom is -0.483 e. The SMILES string of the molecule is COC(=O)c1ccccc1OCC(=O)N[C@@H](C(=O)N1CC[C@](O)(c2ccc(Cl)cc2)C(C)(C)C1)C(C)C. The highest BCUT2D eigenvalue weighted by atomic mass is 35.5. The third-order valence-electron chi connectivity index (χ3n) is 6.98. The van der Waals surface area contributed by atoms with Crippen LogP contribution in [0.25, 0.3) is 0 Å². The van der Waals surface area contributed by atoms with Crippen LogP contribution in [0, 0.1) is 11.3 Å². The topological polar surface area (TPSA) is 105 Å². The van der Waals surface area contributed by atoms with E-state index in [1.54, 1.807) is 41.3 Å². The van der Waals surface area contributed by atoms with E-state index in [2.05, 4.69) is 5.32 Å². The van der Waals surface area contributed by atoms with E-state index in [4.69, 9.17) is 21.1 Å². The van der Waals surface area contributed by atoms with E-state index in [-0.39, 0.29) is 29.7 Å². The predicted octanol–water partition coefficient (Wildman–Crippen LogP) is 3.79. The Labute approximate surface area is 222 Å². The molecule has 0 radical (unpaired) electrons. The maximum absolute atomic E-state index is 13.5. The van der Waals surface area contributed by atoms with Crippen LogP contribution in [0.2, 0.25) is 5.02 Å². The molecule has 2 aromatic rings. The summed E-state index contributed by atoms with van der Waals surface area (Å²) in [4.78, 5) is 39.9. The number of carbonyl (C=O) groups is 3. The maximum Gasteiger partial charge on any atom is 0.341 e. The average molecular weight is 531 g/mol. The monoisotopic (exact) mass is 530 g/mol. The first kappa shape index (κ1) is 28.5. The fraction of sp³-hybridized carbons (Fsp3) is 0.464. The van der Waals surface area contributed by atoms with E-state index in [0.717, 1.165) is 5.56 Å². The molecule has 1 fully saturated rings. The number of halogens is 1. The van der Waals surface area contributed by atoms with Crippen LogP contribution in [0.15, 0.2) is 48.5 Å². The van der Waals surface area contributed by atoms with E-state index < -0.39 is 28.9 Å². The summed E-state index contributed by atoms with van der Waals surface area (Å²) in [6, 6.07) is 12.8. The molecule has 0 saturated carbocycles. The maximum atomic E-state index is 13.5. The molecular formula is C28H35ClN2O6. The number of methoxy groups -OCH3 is 1. The van der Waals surface area contributed by atoms with Crippen molar-refractivity contribution >= 4 is 29.4 Å². The highest BCUT2D eigenvalue weighted by Gasteiger charge is 2.50. The first-order chi connectivity index (χ1) is 17.4. The lowest BCUT2D eigenvalue weighted by Crippen LogP contribution is -2.60. The molecule has 37 heavy (non-hydrogen) atoms. The van der Waals surface area contributed by atoms with Crippen LogP contribution < -0.4 is 10.1 Å². The van der Waals surface area contributed by atoms with Gasteiger partial charge >= 0.3 is 5.97 Å². The van der Waals surface area contributed by atoms with Gasteiger partial charge in [0.2, 0.25) is 5.91 Å². The van der Waals surface area contributed by atoms with Gasteiger partial charge in [-0.05, 0) is 42.2 Å². The van der Waals surface area contributed by atoms with Crippen LogP contribution in [-0.4, -0.2) is 60.6 Å². The smallest absolute Gasteiger partial charge is 0.341 e. The molecule has 0 unspecified atom stereocenters. The lowest BCUT2D eigenvalue weighted by molar-refractivity contribution is -0.156. The minimum absolute atomic E-state index is 0.181. The van der Waals surface area contributed by atoms with Crippen LogP contribution in [-0.2, 0) is 19.9 Å². The number of hydrogen-bond acceptors (Lipinski definition) is 6. The third-order valence-corrected chi connectivity index (χ3v) is 7.24. The first-order valence-corrected chi connectivity index (χ1v) is 12.6. The van der Waals surface area contributed by atoms with Gasteiger partial charge in [-0.1, -0.05) is 63.6 Å². The molecule has 8 nitrogen and oxygen atoms in total. The average Bonchev–Trinajstić information content (AvgIpc) is 2.87. The molecule has 2 amide bonds. The molecule has 0 aromatic heterocycles. The summed E-state index contributed by atoms with van der Waals surface area (Å²) in [7, 11) is 1.27. The molecule has 1 aliphatic heterocycles. The molecule has 2 aromatic carbocycles. The second kappa shape index (κ2) is 11.5. The van der Waals surface area contributed by atoms with E-state index in [1.165, 1.54) is 7.11 Å². The zero-order chi connectivity index (χ0) is 27.4. The molecule has 0 spiro atoms. The summed E-state index contributed by atoms with van der Waals surface area (Å²) < 4.78 is 10.3. The molecule has 1 saturated heterocycles. The van der Waals surface area contributed by atoms with Crippen LogP contribution in [0.4, 0.5) is 0 Å². The van der Waals surface area contributed by atoms with Crippen molar-refractivity contribution in [2.75, 3.05) is 26.8 Å². The zero-order valence-corrected chi connectivity index (χ0v) is 22.7. The number of amides is 2. The Balaban J connectivity index is 1.67. The van der Waals surface area contributed by atoms with Crippen molar-refractivity contribution < 1.29 is 29.0 Å². The molecule has 2 atom stereocenters. The molecule has 0 aliphatic carbocycles. The fourth-order valence-corrected chi connectivity index (χ4v) is 4.84. The number of esters is 1. The minimum atomic E-state index is -1.13. The van der Waals surface area contributed by atoms with Gasteiger partial charge in [0.05, 0.1) is 12.7 Å². The van der Waals surface area contributed by atoms with Gasteiger partial charge in [0.25, 0.3) is 5.91 Å². The van der Waals surface area contributed by atoms with Crippen molar-refractivity contribution in [1.82, 2.24) is 10.2 Å². The number of nitrogens with zero attached hydrogens (tertiary/aromatic N) is 1. The Morgan fingerprint density at radius 2 is 1.76 bits per heavy atom. The summed E-state index contributed by atoms with van der Waals surface area (Å²) in [5.41, 5.74) is -0.822. The van der Waals surface area contributed by atoms with Crippen LogP contribution >= 0.6 is 11.6 Å². The van der Waals surface area contributed by atoms with Crippen LogP contribution in [0.3, 0.4) is 0 Å². The van der Waals surface area contributed by atoms with Crippen molar-refractivity contribution in [3.8, 4) is 5.75 Å². The van der Waals surface area contributed by atoms with Gasteiger partial charge < -0.3 is 24.8 Å². The second-order valence-corrected chi connectivity index (χ2v) is 10.8. The number of ether oxygens (including phenoxy) is 2. The zero-order valence-electron chi connectivity index (χ0n) is 21.9. The van der Waals surface area contributed by atoms with Crippen molar-refractivity contribution in [2.24, 2.45) is 11.3 Å². The number of nitrogens with one attached hydrogen (secondary N) is 1. The van der Waals surface area contributed by atoms with Crippen molar-refractivity contribution in [3.05, 3.63) is 64.7 Å². The van der Waals surface area contributed by atoms with Gasteiger partial charge in [0.1, 0.15) is 17.4 Å². The van der Waals surface area contributed by atoms with E-state index in [0.29, 0.717) is 24.5 Å². The summed E-state index contributed by atoms with van der Waals surface area (Å²) >= 11 is 6.02. The number of carbonyl (C=O) groups excluding carboxylic acids is 3. The summed E-state index contributed by atoms with van der Waals surface area (Å²) in [5.74, 6) is -1.24. The molecule has 1 aliphatic rings. The Morgan fingerprint density at radius 1 is 1.11 bits per heavy atom. The highest BCUT2D eigenvalue weighted by Crippen LogP contribution is 2.46. The van der Waals surface area contributed by atoms with Crippen molar-refractivity contribution in [2.45, 2.75) is 45.8 Å². The van der Waals surface area contributed by atoms with Gasteiger partial charge in [-0.25, -0.2) is 4.79 Å². The van der Waals surface area contributed by atoms with Crippen LogP contribution in [0.5, 0.6) is 5.75 Å². The fourth-order valence-electron chi connectivity index (χ4n) is 4.71. The standard InChI is InChI=1S/C28H35ClN2O6/c1-18(2)24(30-23(32)16-37-22-9-7-6-8-21(22)26(34)36-5)25(33)31-15-14-28(35,27(3,4)17-31)19-10-12-20(29)13-11-19/h6-13,18,24,35H,14-17H2,1-5H3,(H,30,32)/t24-,28+/m1/s1. The Morgan fingerprint density at radius 3 is 2.35 bits per heavy atom. The van der Waals surface area contributed by atoms with Crippen molar-refractivity contribution in [1.29, 1.82) is 0 Å². The Hall–Kier alpha value is -3.10. The summed E-state index contributed by atoms with van der Waals surface area (Å²) in [5, 5.41) is 15.0. The number of aliphatic hydroxyl groups is 1. The first-order valence-electron chi connectivity index (χ1n) is 12.3. The van der Waals surface area contributed by atoms with Crippen molar-refractivity contribution in [3.63, 3.8) is 0 Å². The largest absolute Gasteiger partial charge is 0.483 e. The number of piperidine rings is 1. The second-order valence-electron chi connectivity index (χ2n) is 10.3. The number of likely N-dealkylation sites (tertiary alicyclic amines) is 1. The van der Waals surface area contributed by atoms with Gasteiger partial charge in [0, 0.05) is 23.5 Å². The number of para-hydroxylation sites is 1. The molecule has 9 heteroatoms. The summed E-state index contributed by atoms with van der Waals surface area (Å²) in [6.07, 6.45) is 0.347. The molecular weight excluding hydrogens is 496 g/mol. The van der Waals surface area contributed by atoms with Gasteiger partial charge in [0.15, 0.2) is 6.61 Å². The Kier molecular flexibility index (Phi) is 8.87. The highest BCUT2D eigenvalue weighted by molar-refractivity contribution is 6.30. The lowest BCUT2D eigenvalue weighted by Gasteiger charge is -2.51. The van der Waals surface area contributed by atoms with Gasteiger partial charge in [-0.3, -0.25) is 9.59 Å². The van der Waals surface area contributed by atoms with E-state index >= 15 is 0 Å². The van der Waals surface area contributed by atoms with E-state index in [1.807, 2.05) is 39.8 Å². The van der Waals surface area contributed by atoms with Gasteiger partial charge in [-0.2, -0.15) is 0 Å². The quantitative estimate of drug-likeness (QED) is 0.503. The molecule has 200 valence electrons. The molecule has 3 rings (SSSR count). The predicted molar refractivity (Wildman–Crippen MR) is 140 cm³/mol. The molecule has 1 heterocycles. The molecule has 0 bridgehead atoms. The number of benzene rings is 2. The van der Waals surface area contributed by atoms with E-state index in [9.17, 15) is 19.5 Å². The molecule has 2 N–H and O–H groups in total. The Bertz CT molecular complexity index is 1130. The number of rotatable bonds is 8. The third kappa shape index (κ3) is 6.25. The summed E-state index contributed by atoms with van der Waals surface area (Å²) in [6.45, 7) is 7.85. The van der Waals surface area contributed by atoms with Crippen LogP contribution in [0.1, 0.15) is 50.0 Å². The van der Waals surface area contributed by atoms with Gasteiger partial charge in [-0.15, -0.1) is 0 Å². The number of hydrogen-bond donors (Lipinski definition) is 2. The lowest BCUT2D eigenvalue weighted by atomic mass is 9.66.